The molecule has 0 radical (unpaired) electrons. The molecule has 3 amide bonds. The van der Waals surface area contributed by atoms with Crippen LogP contribution in [0.4, 0.5) is 10.5 Å². The number of benzene rings is 1. The second-order valence-electron chi connectivity index (χ2n) is 7.49. The van der Waals surface area contributed by atoms with Crippen LogP contribution < -0.4 is 5.32 Å². The van der Waals surface area contributed by atoms with Crippen molar-refractivity contribution in [2.24, 2.45) is 0 Å². The van der Waals surface area contributed by atoms with Gasteiger partial charge < -0.3 is 15.1 Å². The second-order valence-corrected chi connectivity index (χ2v) is 9.86. The van der Waals surface area contributed by atoms with Gasteiger partial charge in [0.1, 0.15) is 6.04 Å². The number of urea groups is 1. The number of carbonyl (C=O) groups is 2. The molecule has 2 aliphatic rings. The van der Waals surface area contributed by atoms with E-state index in [4.69, 9.17) is 11.6 Å². The van der Waals surface area contributed by atoms with Gasteiger partial charge in [-0.1, -0.05) is 24.1 Å². The lowest BCUT2D eigenvalue weighted by molar-refractivity contribution is -0.136. The highest BCUT2D eigenvalue weighted by Crippen LogP contribution is 2.22. The fraction of sp³-hybridized carbons (Fsp3) is 0.579. The number of piperidine rings is 1. The molecule has 8 nitrogen and oxygen atoms in total. The average Bonchev–Trinajstić information content (AvgIpc) is 2.93. The maximum absolute atomic E-state index is 13.1. The summed E-state index contributed by atoms with van der Waals surface area (Å²) in [6, 6.07) is 6.06. The summed E-state index contributed by atoms with van der Waals surface area (Å²) < 4.78 is 25.5. The minimum absolute atomic E-state index is 0.160. The van der Waals surface area contributed by atoms with Gasteiger partial charge in [0.05, 0.1) is 6.26 Å². The topological polar surface area (TPSA) is 90.0 Å². The van der Waals surface area contributed by atoms with E-state index >= 15 is 0 Å². The quantitative estimate of drug-likeness (QED) is 0.777. The second kappa shape index (κ2) is 9.32. The van der Waals surface area contributed by atoms with Crippen molar-refractivity contribution in [1.82, 2.24) is 14.1 Å². The lowest BCUT2D eigenvalue weighted by Crippen LogP contribution is -2.53. The summed E-state index contributed by atoms with van der Waals surface area (Å²) in [5, 5.41) is 3.37. The van der Waals surface area contributed by atoms with Crippen LogP contribution in [0, 0.1) is 0 Å². The van der Waals surface area contributed by atoms with Gasteiger partial charge in [0, 0.05) is 43.4 Å². The number of nitrogens with one attached hydrogen (secondary N) is 1. The lowest BCUT2D eigenvalue weighted by Gasteiger charge is -2.35. The third kappa shape index (κ3) is 5.61. The minimum Gasteiger partial charge on any atom is -0.339 e. The number of rotatable bonds is 3. The predicted molar refractivity (Wildman–Crippen MR) is 112 cm³/mol. The molecule has 160 valence electrons. The first-order chi connectivity index (χ1) is 13.8. The van der Waals surface area contributed by atoms with Crippen molar-refractivity contribution in [3.8, 4) is 0 Å². The first kappa shape index (κ1) is 21.9. The van der Waals surface area contributed by atoms with Gasteiger partial charge in [-0.2, -0.15) is 4.31 Å². The molecule has 3 rings (SSSR count). The van der Waals surface area contributed by atoms with E-state index in [1.807, 2.05) is 0 Å². The summed E-state index contributed by atoms with van der Waals surface area (Å²) in [6.45, 7) is 2.20. The Labute approximate surface area is 176 Å². The van der Waals surface area contributed by atoms with Gasteiger partial charge in [-0.05, 0) is 37.5 Å². The fourth-order valence-corrected chi connectivity index (χ4v) is 5.18. The van der Waals surface area contributed by atoms with Crippen LogP contribution in [-0.2, 0) is 14.8 Å². The minimum atomic E-state index is -3.43. The van der Waals surface area contributed by atoms with Crippen LogP contribution >= 0.6 is 11.6 Å². The van der Waals surface area contributed by atoms with Gasteiger partial charge in [-0.25, -0.2) is 13.2 Å². The highest BCUT2D eigenvalue weighted by atomic mass is 35.5. The Morgan fingerprint density at radius 2 is 1.76 bits per heavy atom. The first-order valence-electron chi connectivity index (χ1n) is 9.83. The average molecular weight is 443 g/mol. The smallest absolute Gasteiger partial charge is 0.321 e. The van der Waals surface area contributed by atoms with E-state index in [1.54, 1.807) is 34.1 Å². The Balaban J connectivity index is 1.61. The summed E-state index contributed by atoms with van der Waals surface area (Å²) in [6.07, 6.45) is 3.95. The van der Waals surface area contributed by atoms with E-state index in [0.29, 0.717) is 56.3 Å². The molecule has 29 heavy (non-hydrogen) atoms. The maximum atomic E-state index is 13.1. The Morgan fingerprint density at radius 1 is 1.03 bits per heavy atom. The number of anilines is 1. The molecule has 2 heterocycles. The Kier molecular flexibility index (Phi) is 7.02. The van der Waals surface area contributed by atoms with E-state index in [0.717, 1.165) is 19.1 Å². The zero-order valence-corrected chi connectivity index (χ0v) is 18.1. The monoisotopic (exact) mass is 442 g/mol. The number of amides is 3. The number of carbonyl (C=O) groups excluding carboxylic acids is 2. The van der Waals surface area contributed by atoms with Crippen molar-refractivity contribution < 1.29 is 18.0 Å². The molecule has 0 bridgehead atoms. The molecule has 2 fully saturated rings. The molecular weight excluding hydrogens is 416 g/mol. The molecule has 2 saturated heterocycles. The van der Waals surface area contributed by atoms with Gasteiger partial charge in [-0.3, -0.25) is 4.79 Å². The molecule has 2 aliphatic heterocycles. The van der Waals surface area contributed by atoms with Gasteiger partial charge in [0.25, 0.3) is 0 Å². The summed E-state index contributed by atoms with van der Waals surface area (Å²) >= 11 is 5.96. The Bertz CT molecular complexity index is 864. The van der Waals surface area contributed by atoms with Crippen molar-refractivity contribution in [2.45, 2.75) is 31.7 Å². The Morgan fingerprint density at radius 3 is 2.48 bits per heavy atom. The zero-order valence-electron chi connectivity index (χ0n) is 16.5. The maximum Gasteiger partial charge on any atom is 0.321 e. The Hall–Kier alpha value is -1.84. The summed E-state index contributed by atoms with van der Waals surface area (Å²) in [4.78, 5) is 29.0. The largest absolute Gasteiger partial charge is 0.339 e. The number of sulfonamides is 1. The van der Waals surface area contributed by atoms with Crippen molar-refractivity contribution >= 4 is 39.2 Å². The van der Waals surface area contributed by atoms with E-state index in [1.165, 1.54) is 4.31 Å². The van der Waals surface area contributed by atoms with Crippen molar-refractivity contribution in [2.75, 3.05) is 44.3 Å². The molecule has 1 aromatic rings. The van der Waals surface area contributed by atoms with Crippen LogP contribution in [0.1, 0.15) is 25.7 Å². The molecule has 0 aliphatic carbocycles. The van der Waals surface area contributed by atoms with Gasteiger partial charge in [0.2, 0.25) is 15.9 Å². The molecule has 1 atom stereocenters. The number of hydrogen-bond donors (Lipinski definition) is 1. The van der Waals surface area contributed by atoms with Crippen molar-refractivity contribution in [1.29, 1.82) is 0 Å². The van der Waals surface area contributed by atoms with E-state index in [2.05, 4.69) is 5.32 Å². The van der Waals surface area contributed by atoms with Crippen LogP contribution in [0.5, 0.6) is 0 Å². The highest BCUT2D eigenvalue weighted by Gasteiger charge is 2.37. The molecule has 1 aromatic carbocycles. The number of hydrogen-bond acceptors (Lipinski definition) is 4. The molecule has 0 aromatic heterocycles. The van der Waals surface area contributed by atoms with Gasteiger partial charge >= 0.3 is 6.03 Å². The molecule has 10 heteroatoms. The molecule has 1 N–H and O–H groups in total. The van der Waals surface area contributed by atoms with Crippen molar-refractivity contribution in [3.63, 3.8) is 0 Å². The van der Waals surface area contributed by atoms with E-state index < -0.39 is 16.1 Å². The van der Waals surface area contributed by atoms with Crippen LogP contribution in [0.2, 0.25) is 5.02 Å². The first-order valence-corrected chi connectivity index (χ1v) is 12.1. The van der Waals surface area contributed by atoms with Crippen LogP contribution in [0.15, 0.2) is 24.3 Å². The standard InChI is InChI=1S/C19H27ClN4O4S/c1-29(27,28)24-11-3-2-8-17(24)18(25)22-9-5-10-23(13-12-22)19(26)21-16-7-4-6-15(20)14-16/h4,6-7,14,17H,2-3,5,8-13H2,1H3,(H,21,26). The zero-order chi connectivity index (χ0) is 21.0. The third-order valence-electron chi connectivity index (χ3n) is 5.34. The normalized spacial score (nSPS) is 21.5. The molecule has 1 unspecified atom stereocenters. The van der Waals surface area contributed by atoms with Crippen LogP contribution in [0.25, 0.3) is 0 Å². The summed E-state index contributed by atoms with van der Waals surface area (Å²) in [5.41, 5.74) is 0.616. The van der Waals surface area contributed by atoms with Crippen LogP contribution in [-0.4, -0.2) is 79.5 Å². The van der Waals surface area contributed by atoms with E-state index in [9.17, 15) is 18.0 Å². The van der Waals surface area contributed by atoms with Gasteiger partial charge in [-0.15, -0.1) is 0 Å². The third-order valence-corrected chi connectivity index (χ3v) is 6.86. The summed E-state index contributed by atoms with van der Waals surface area (Å²) in [7, 11) is -3.43. The molecular formula is C19H27ClN4O4S. The SMILES string of the molecule is CS(=O)(=O)N1CCCCC1C(=O)N1CCCN(C(=O)Nc2cccc(Cl)c2)CC1. The molecule has 0 spiro atoms. The fourth-order valence-electron chi connectivity index (χ4n) is 3.87. The highest BCUT2D eigenvalue weighted by molar-refractivity contribution is 7.88. The molecule has 0 saturated carbocycles. The van der Waals surface area contributed by atoms with Crippen molar-refractivity contribution in [3.05, 3.63) is 29.3 Å². The summed E-state index contributed by atoms with van der Waals surface area (Å²) in [5.74, 6) is -0.160. The van der Waals surface area contributed by atoms with Crippen LogP contribution in [0.3, 0.4) is 0 Å². The number of halogens is 1. The van der Waals surface area contributed by atoms with Gasteiger partial charge in [0.15, 0.2) is 0 Å². The van der Waals surface area contributed by atoms with E-state index in [-0.39, 0.29) is 11.9 Å². The predicted octanol–water partition coefficient (Wildman–Crippen LogP) is 2.22. The number of nitrogens with zero attached hydrogens (tertiary/aromatic N) is 3. The lowest BCUT2D eigenvalue weighted by atomic mass is 10.0.